The predicted molar refractivity (Wildman–Crippen MR) is 96.3 cm³/mol. The van der Waals surface area contributed by atoms with Gasteiger partial charge in [0.2, 0.25) is 0 Å². The molecule has 1 rings (SSSR count). The van der Waals surface area contributed by atoms with Crippen LogP contribution in [0.2, 0.25) is 0 Å². The highest BCUT2D eigenvalue weighted by atomic mass is 14.9. The molecule has 110 valence electrons. The van der Waals surface area contributed by atoms with Crippen molar-refractivity contribution in [2.45, 2.75) is 26.3 Å². The zero-order valence-corrected chi connectivity index (χ0v) is 13.0. The van der Waals surface area contributed by atoms with E-state index < -0.39 is 0 Å². The number of allylic oxidation sites excluding steroid dienone is 2. The largest absolute Gasteiger partial charge is 0.374 e. The van der Waals surface area contributed by atoms with Gasteiger partial charge in [-0.3, -0.25) is 0 Å². The second-order valence-corrected chi connectivity index (χ2v) is 4.32. The molecule has 0 amide bonds. The maximum Gasteiger partial charge on any atom is 0.0758 e. The third-order valence-corrected chi connectivity index (χ3v) is 2.93. The first-order chi connectivity index (χ1) is 10.2. The molecule has 0 aliphatic heterocycles. The molecule has 0 aliphatic carbocycles. The van der Waals surface area contributed by atoms with E-state index in [4.69, 9.17) is 0 Å². The minimum absolute atomic E-state index is 0.0627. The molecule has 0 aromatic heterocycles. The van der Waals surface area contributed by atoms with Crippen molar-refractivity contribution in [3.63, 3.8) is 0 Å². The van der Waals surface area contributed by atoms with Gasteiger partial charge in [0.1, 0.15) is 0 Å². The third-order valence-electron chi connectivity index (χ3n) is 2.93. The van der Waals surface area contributed by atoms with Crippen LogP contribution in [0.4, 0.5) is 5.69 Å². The summed E-state index contributed by atoms with van der Waals surface area (Å²) in [6.45, 7) is 12.1. The number of para-hydroxylation sites is 1. The van der Waals surface area contributed by atoms with E-state index in [1.165, 1.54) is 5.57 Å². The van der Waals surface area contributed by atoms with Crippen LogP contribution in [-0.4, -0.2) is 6.04 Å². The average Bonchev–Trinajstić information content (AvgIpc) is 2.56. The van der Waals surface area contributed by atoms with Crippen LogP contribution in [0.15, 0.2) is 78.9 Å². The highest BCUT2D eigenvalue weighted by molar-refractivity contribution is 5.51. The lowest BCUT2D eigenvalue weighted by molar-refractivity contribution is 1.00. The van der Waals surface area contributed by atoms with Gasteiger partial charge in [0.15, 0.2) is 0 Å². The number of hydrogen-bond acceptors (Lipinski definition) is 1. The summed E-state index contributed by atoms with van der Waals surface area (Å²) < 4.78 is 0. The highest BCUT2D eigenvalue weighted by Gasteiger charge is 2.13. The Balaban J connectivity index is 0.00000191. The number of anilines is 1. The lowest BCUT2D eigenvalue weighted by Gasteiger charge is -2.22. The van der Waals surface area contributed by atoms with Crippen molar-refractivity contribution in [3.05, 3.63) is 78.9 Å². The number of hydrogen-bond donors (Lipinski definition) is 1. The zero-order valence-electron chi connectivity index (χ0n) is 13.0. The molecule has 0 fully saturated rings. The Kier molecular flexibility index (Phi) is 10.0. The molecular weight excluding hydrogens is 254 g/mol. The summed E-state index contributed by atoms with van der Waals surface area (Å²) in [5.74, 6) is 0. The van der Waals surface area contributed by atoms with Crippen LogP contribution in [0.1, 0.15) is 20.3 Å². The lowest BCUT2D eigenvalue weighted by atomic mass is 9.98. The van der Waals surface area contributed by atoms with Crippen LogP contribution >= 0.6 is 0 Å². The summed E-state index contributed by atoms with van der Waals surface area (Å²) in [5, 5.41) is 3.50. The third kappa shape index (κ3) is 6.49. The molecule has 1 aromatic carbocycles. The second kappa shape index (κ2) is 11.4. The van der Waals surface area contributed by atoms with E-state index in [0.717, 1.165) is 17.7 Å². The smallest absolute Gasteiger partial charge is 0.0758 e. The van der Waals surface area contributed by atoms with E-state index in [-0.39, 0.29) is 6.04 Å². The molecule has 0 saturated carbocycles. The van der Waals surface area contributed by atoms with E-state index in [9.17, 15) is 0 Å². The van der Waals surface area contributed by atoms with Gasteiger partial charge in [0.25, 0.3) is 0 Å². The summed E-state index contributed by atoms with van der Waals surface area (Å²) in [4.78, 5) is 0. The Bertz CT molecular complexity index is 503. The monoisotopic (exact) mass is 279 g/mol. The van der Waals surface area contributed by atoms with Gasteiger partial charge in [-0.1, -0.05) is 62.6 Å². The second-order valence-electron chi connectivity index (χ2n) is 4.32. The summed E-state index contributed by atoms with van der Waals surface area (Å²) in [6.07, 6.45) is 17.3. The first-order valence-corrected chi connectivity index (χ1v) is 7.01. The molecule has 0 heterocycles. The van der Waals surface area contributed by atoms with Gasteiger partial charge in [0.05, 0.1) is 6.04 Å². The van der Waals surface area contributed by atoms with E-state index in [2.05, 4.69) is 68.6 Å². The fourth-order valence-electron chi connectivity index (χ4n) is 1.82. The Labute approximate surface area is 129 Å². The maximum absolute atomic E-state index is 4.09. The molecule has 0 radical (unpaired) electrons. The fourth-order valence-corrected chi connectivity index (χ4v) is 1.82. The zero-order chi connectivity index (χ0) is 16.1. The van der Waals surface area contributed by atoms with Crippen molar-refractivity contribution < 1.29 is 0 Å². The van der Waals surface area contributed by atoms with Gasteiger partial charge in [-0.05, 0) is 36.6 Å². The van der Waals surface area contributed by atoms with Crippen LogP contribution < -0.4 is 5.32 Å². The topological polar surface area (TPSA) is 12.0 Å². The molecule has 1 unspecified atom stereocenters. The van der Waals surface area contributed by atoms with Gasteiger partial charge in [-0.2, -0.15) is 0 Å². The van der Waals surface area contributed by atoms with E-state index in [1.54, 1.807) is 0 Å². The number of nitrogens with one attached hydrogen (secondary N) is 1. The Morgan fingerprint density at radius 2 is 1.90 bits per heavy atom. The van der Waals surface area contributed by atoms with Gasteiger partial charge in [0, 0.05) is 5.69 Å². The molecule has 1 aromatic rings. The molecule has 0 bridgehead atoms. The number of benzene rings is 1. The summed E-state index contributed by atoms with van der Waals surface area (Å²) in [5.41, 5.74) is 3.26. The Morgan fingerprint density at radius 1 is 1.29 bits per heavy atom. The Hall–Kier alpha value is -2.46. The Morgan fingerprint density at radius 3 is 2.38 bits per heavy atom. The van der Waals surface area contributed by atoms with Gasteiger partial charge < -0.3 is 5.32 Å². The van der Waals surface area contributed by atoms with Crippen LogP contribution in [-0.2, 0) is 0 Å². The van der Waals surface area contributed by atoms with Crippen LogP contribution in [0, 0.1) is 12.8 Å². The molecule has 0 spiro atoms. The normalized spacial score (nSPS) is 12.1. The van der Waals surface area contributed by atoms with Crippen molar-refractivity contribution in [1.82, 2.24) is 0 Å². The number of rotatable bonds is 7. The quantitative estimate of drug-likeness (QED) is 0.522. The summed E-state index contributed by atoms with van der Waals surface area (Å²) in [7, 11) is 0. The van der Waals surface area contributed by atoms with Crippen molar-refractivity contribution >= 4 is 5.69 Å². The lowest BCUT2D eigenvalue weighted by Crippen LogP contribution is -2.22. The van der Waals surface area contributed by atoms with E-state index in [0.29, 0.717) is 0 Å². The van der Waals surface area contributed by atoms with Crippen molar-refractivity contribution in [1.29, 1.82) is 0 Å². The average molecular weight is 279 g/mol. The molecule has 0 aliphatic rings. The molecule has 1 nitrogen and oxygen atoms in total. The number of terminal acetylenes is 1. The van der Waals surface area contributed by atoms with Gasteiger partial charge >= 0.3 is 0 Å². The maximum atomic E-state index is 4.09. The molecule has 1 atom stereocenters. The minimum Gasteiger partial charge on any atom is -0.374 e. The van der Waals surface area contributed by atoms with Crippen LogP contribution in [0.3, 0.4) is 0 Å². The van der Waals surface area contributed by atoms with Crippen molar-refractivity contribution in [2.75, 3.05) is 5.32 Å². The van der Waals surface area contributed by atoms with E-state index in [1.807, 2.05) is 31.2 Å². The van der Waals surface area contributed by atoms with Gasteiger partial charge in [-0.25, -0.2) is 0 Å². The standard InChI is InChI=1S/C18H23N.C2H2/c1-5-8-12-16(7-3)18(15(4)6-2)19-17-13-10-9-11-14-17;1-2/h6-14,18-19H,2,4-5H2,1,3H3;1-2H/b12-8-,16-7+;. The van der Waals surface area contributed by atoms with Crippen LogP contribution in [0.5, 0.6) is 0 Å². The predicted octanol–water partition coefficient (Wildman–Crippen LogP) is 5.37. The fraction of sp³-hybridized carbons (Fsp3) is 0.200. The van der Waals surface area contributed by atoms with Gasteiger partial charge in [-0.15, -0.1) is 12.8 Å². The molecule has 1 N–H and O–H groups in total. The molecule has 21 heavy (non-hydrogen) atoms. The van der Waals surface area contributed by atoms with Crippen molar-refractivity contribution in [3.8, 4) is 12.8 Å². The van der Waals surface area contributed by atoms with Crippen LogP contribution in [0.25, 0.3) is 0 Å². The summed E-state index contributed by atoms with van der Waals surface area (Å²) in [6, 6.07) is 10.2. The molecule has 0 saturated heterocycles. The first-order valence-electron chi connectivity index (χ1n) is 7.01. The summed E-state index contributed by atoms with van der Waals surface area (Å²) >= 11 is 0. The minimum atomic E-state index is 0.0627. The molecule has 1 heteroatoms. The molecular formula is C20H25N. The first kappa shape index (κ1) is 18.5. The van der Waals surface area contributed by atoms with Crippen molar-refractivity contribution in [2.24, 2.45) is 0 Å². The van der Waals surface area contributed by atoms with E-state index >= 15 is 0 Å². The SMILES string of the molecule is C#C.C=CC(=C)C(Nc1ccccc1)C(/C=C\CC)=C/C. The highest BCUT2D eigenvalue weighted by Crippen LogP contribution is 2.19.